The van der Waals surface area contributed by atoms with E-state index in [1.54, 1.807) is 6.07 Å². The van der Waals surface area contributed by atoms with E-state index in [9.17, 15) is 9.59 Å². The summed E-state index contributed by atoms with van der Waals surface area (Å²) in [7, 11) is 0. The Balaban J connectivity index is 2.07. The van der Waals surface area contributed by atoms with Gasteiger partial charge in [-0.2, -0.15) is 0 Å². The molecule has 1 amide bonds. The van der Waals surface area contributed by atoms with Crippen molar-refractivity contribution >= 4 is 23.2 Å². The van der Waals surface area contributed by atoms with Crippen molar-refractivity contribution in [2.45, 2.75) is 26.3 Å². The van der Waals surface area contributed by atoms with Gasteiger partial charge in [-0.25, -0.2) is 0 Å². The first-order chi connectivity index (χ1) is 9.97. The number of carbonyl (C=O) groups excluding carboxylic acids is 1. The van der Waals surface area contributed by atoms with Gasteiger partial charge in [0.15, 0.2) is 11.5 Å². The number of nitrogens with zero attached hydrogens (tertiary/aromatic N) is 1. The van der Waals surface area contributed by atoms with Gasteiger partial charge in [-0.15, -0.1) is 11.3 Å². The lowest BCUT2D eigenvalue weighted by Crippen LogP contribution is -2.40. The number of amides is 1. The molecule has 0 saturated heterocycles. The molecule has 2 aromatic rings. The van der Waals surface area contributed by atoms with E-state index in [-0.39, 0.29) is 18.0 Å². The average molecular weight is 308 g/mol. The number of aliphatic carboxylic acids is 1. The van der Waals surface area contributed by atoms with Crippen molar-refractivity contribution in [3.8, 4) is 10.6 Å². The van der Waals surface area contributed by atoms with E-state index in [0.29, 0.717) is 5.76 Å². The molecule has 7 heteroatoms. The molecule has 0 aliphatic carbocycles. The van der Waals surface area contributed by atoms with Gasteiger partial charge in [0, 0.05) is 12.1 Å². The van der Waals surface area contributed by atoms with Crippen molar-refractivity contribution in [3.05, 3.63) is 29.3 Å². The summed E-state index contributed by atoms with van der Waals surface area (Å²) in [6, 6.07) is 4.86. The third-order valence-corrected chi connectivity index (χ3v) is 3.91. The number of hydrogen-bond donors (Lipinski definition) is 2. The maximum Gasteiger partial charge on any atom is 0.305 e. The van der Waals surface area contributed by atoms with Gasteiger partial charge in [-0.3, -0.25) is 9.59 Å². The van der Waals surface area contributed by atoms with Crippen molar-refractivity contribution in [1.82, 2.24) is 10.5 Å². The fourth-order valence-electron chi connectivity index (χ4n) is 1.80. The SMILES string of the molecule is CC(C)C(CC(=O)O)NC(=O)c1cc(-c2cccs2)on1. The smallest absolute Gasteiger partial charge is 0.305 e. The number of hydrogen-bond acceptors (Lipinski definition) is 5. The van der Waals surface area contributed by atoms with Crippen LogP contribution in [0.1, 0.15) is 30.8 Å². The summed E-state index contributed by atoms with van der Waals surface area (Å²) in [5, 5.41) is 17.2. The summed E-state index contributed by atoms with van der Waals surface area (Å²) in [5.74, 6) is -0.849. The molecule has 0 aromatic carbocycles. The highest BCUT2D eigenvalue weighted by atomic mass is 32.1. The number of aromatic nitrogens is 1. The van der Waals surface area contributed by atoms with Crippen LogP contribution in [0.3, 0.4) is 0 Å². The Hall–Kier alpha value is -2.15. The molecule has 2 rings (SSSR count). The number of rotatable bonds is 6. The molecular weight excluding hydrogens is 292 g/mol. The minimum absolute atomic E-state index is 0.00807. The van der Waals surface area contributed by atoms with Gasteiger partial charge in [0.25, 0.3) is 5.91 Å². The Bertz CT molecular complexity index is 619. The third-order valence-electron chi connectivity index (χ3n) is 3.02. The van der Waals surface area contributed by atoms with E-state index in [4.69, 9.17) is 9.63 Å². The van der Waals surface area contributed by atoms with Crippen molar-refractivity contribution in [3.63, 3.8) is 0 Å². The van der Waals surface area contributed by atoms with Gasteiger partial charge in [-0.1, -0.05) is 25.1 Å². The van der Waals surface area contributed by atoms with Crippen LogP contribution in [-0.4, -0.2) is 28.2 Å². The van der Waals surface area contributed by atoms with Crippen molar-refractivity contribution in [2.24, 2.45) is 5.92 Å². The lowest BCUT2D eigenvalue weighted by Gasteiger charge is -2.19. The monoisotopic (exact) mass is 308 g/mol. The number of carboxylic acids is 1. The molecule has 0 spiro atoms. The predicted molar refractivity (Wildman–Crippen MR) is 78.2 cm³/mol. The molecule has 0 fully saturated rings. The molecule has 2 heterocycles. The molecule has 21 heavy (non-hydrogen) atoms. The van der Waals surface area contributed by atoms with Crippen molar-refractivity contribution < 1.29 is 19.2 Å². The second kappa shape index (κ2) is 6.53. The van der Waals surface area contributed by atoms with Gasteiger partial charge < -0.3 is 14.9 Å². The Morgan fingerprint density at radius 1 is 1.48 bits per heavy atom. The average Bonchev–Trinajstić information content (AvgIpc) is 3.08. The zero-order valence-electron chi connectivity index (χ0n) is 11.7. The molecule has 0 radical (unpaired) electrons. The van der Waals surface area contributed by atoms with Crippen LogP contribution in [0.2, 0.25) is 0 Å². The summed E-state index contributed by atoms with van der Waals surface area (Å²) >= 11 is 1.49. The van der Waals surface area contributed by atoms with Gasteiger partial charge in [0.2, 0.25) is 0 Å². The Morgan fingerprint density at radius 2 is 2.24 bits per heavy atom. The number of carbonyl (C=O) groups is 2. The minimum Gasteiger partial charge on any atom is -0.481 e. The normalized spacial score (nSPS) is 12.3. The van der Waals surface area contributed by atoms with Gasteiger partial charge in [0.1, 0.15) is 0 Å². The maximum absolute atomic E-state index is 12.1. The highest BCUT2D eigenvalue weighted by Crippen LogP contribution is 2.25. The fourth-order valence-corrected chi connectivity index (χ4v) is 2.47. The third kappa shape index (κ3) is 3.91. The molecule has 0 aliphatic heterocycles. The first-order valence-electron chi connectivity index (χ1n) is 6.50. The minimum atomic E-state index is -0.951. The summed E-state index contributed by atoms with van der Waals surface area (Å²) in [6.07, 6.45) is -0.126. The van der Waals surface area contributed by atoms with Crippen LogP contribution in [0.15, 0.2) is 28.1 Å². The van der Waals surface area contributed by atoms with E-state index in [1.807, 2.05) is 31.4 Å². The zero-order chi connectivity index (χ0) is 15.4. The molecule has 6 nitrogen and oxygen atoms in total. The highest BCUT2D eigenvalue weighted by Gasteiger charge is 2.22. The lowest BCUT2D eigenvalue weighted by atomic mass is 10.0. The quantitative estimate of drug-likeness (QED) is 0.855. The molecule has 2 N–H and O–H groups in total. The molecule has 0 saturated carbocycles. The number of thiophene rings is 1. The van der Waals surface area contributed by atoms with E-state index < -0.39 is 17.9 Å². The summed E-state index contributed by atoms with van der Waals surface area (Å²) in [6.45, 7) is 3.71. The first kappa shape index (κ1) is 15.2. The molecule has 0 bridgehead atoms. The summed E-state index contributed by atoms with van der Waals surface area (Å²) < 4.78 is 5.14. The van der Waals surface area contributed by atoms with Crippen LogP contribution < -0.4 is 5.32 Å². The Labute approximate surface area is 125 Å². The predicted octanol–water partition coefficient (Wildman–Crippen LogP) is 2.63. The Kier molecular flexibility index (Phi) is 4.74. The van der Waals surface area contributed by atoms with E-state index >= 15 is 0 Å². The van der Waals surface area contributed by atoms with E-state index in [0.717, 1.165) is 4.88 Å². The maximum atomic E-state index is 12.1. The molecule has 2 aromatic heterocycles. The highest BCUT2D eigenvalue weighted by molar-refractivity contribution is 7.13. The molecule has 112 valence electrons. The van der Waals surface area contributed by atoms with Gasteiger partial charge in [0.05, 0.1) is 11.3 Å². The number of carboxylic acid groups (broad SMARTS) is 1. The standard InChI is InChI=1S/C14H16N2O4S/c1-8(2)9(7-13(17)18)15-14(19)10-6-11(20-16-10)12-4-3-5-21-12/h3-6,8-9H,7H2,1-2H3,(H,15,19)(H,17,18). The van der Waals surface area contributed by atoms with Crippen LogP contribution in [-0.2, 0) is 4.79 Å². The van der Waals surface area contributed by atoms with Gasteiger partial charge in [-0.05, 0) is 17.4 Å². The van der Waals surface area contributed by atoms with Crippen LogP contribution in [0.5, 0.6) is 0 Å². The molecule has 0 aliphatic rings. The van der Waals surface area contributed by atoms with E-state index in [2.05, 4.69) is 10.5 Å². The zero-order valence-corrected chi connectivity index (χ0v) is 12.5. The fraction of sp³-hybridized carbons (Fsp3) is 0.357. The molecular formula is C14H16N2O4S. The van der Waals surface area contributed by atoms with Crippen molar-refractivity contribution in [1.29, 1.82) is 0 Å². The Morgan fingerprint density at radius 3 is 2.81 bits per heavy atom. The van der Waals surface area contributed by atoms with Crippen LogP contribution in [0, 0.1) is 5.92 Å². The largest absolute Gasteiger partial charge is 0.481 e. The summed E-state index contributed by atoms with van der Waals surface area (Å²) in [4.78, 5) is 23.8. The van der Waals surface area contributed by atoms with Gasteiger partial charge >= 0.3 is 5.97 Å². The first-order valence-corrected chi connectivity index (χ1v) is 7.38. The number of nitrogens with one attached hydrogen (secondary N) is 1. The lowest BCUT2D eigenvalue weighted by molar-refractivity contribution is -0.137. The topological polar surface area (TPSA) is 92.4 Å². The van der Waals surface area contributed by atoms with Crippen LogP contribution >= 0.6 is 11.3 Å². The molecule has 1 atom stereocenters. The van der Waals surface area contributed by atoms with E-state index in [1.165, 1.54) is 11.3 Å². The second-order valence-corrected chi connectivity index (χ2v) is 5.92. The van der Waals surface area contributed by atoms with Crippen LogP contribution in [0.4, 0.5) is 0 Å². The second-order valence-electron chi connectivity index (χ2n) is 4.98. The summed E-state index contributed by atoms with van der Waals surface area (Å²) in [5.41, 5.74) is 0.148. The van der Waals surface area contributed by atoms with Crippen LogP contribution in [0.25, 0.3) is 10.6 Å². The van der Waals surface area contributed by atoms with Crippen molar-refractivity contribution in [2.75, 3.05) is 0 Å². The molecule has 1 unspecified atom stereocenters.